The van der Waals surface area contributed by atoms with E-state index in [-0.39, 0.29) is 11.4 Å². The number of aromatic hydroxyl groups is 1. The summed E-state index contributed by atoms with van der Waals surface area (Å²) in [4.78, 5) is 11.4. The molecule has 0 saturated heterocycles. The van der Waals surface area contributed by atoms with Crippen LogP contribution in [0.15, 0.2) is 59.5 Å². The maximum absolute atomic E-state index is 13.9. The van der Waals surface area contributed by atoms with E-state index in [1.165, 1.54) is 22.9 Å². The van der Waals surface area contributed by atoms with Crippen LogP contribution < -0.4 is 11.2 Å². The molecule has 1 heterocycles. The molecule has 4 nitrogen and oxygen atoms in total. The van der Waals surface area contributed by atoms with Gasteiger partial charge in [0.1, 0.15) is 17.5 Å². The Hall–Kier alpha value is -3.15. The van der Waals surface area contributed by atoms with Gasteiger partial charge in [0.2, 0.25) is 5.43 Å². The highest BCUT2D eigenvalue weighted by atomic mass is 19.1. The highest BCUT2D eigenvalue weighted by Crippen LogP contribution is 2.26. The third-order valence-electron chi connectivity index (χ3n) is 3.43. The summed E-state index contributed by atoms with van der Waals surface area (Å²) in [6.07, 6.45) is 1.19. The Balaban J connectivity index is 2.14. The molecular formula is C17H12F2N2O2. The Morgan fingerprint density at radius 2 is 1.83 bits per heavy atom. The molecular weight excluding hydrogens is 302 g/mol. The van der Waals surface area contributed by atoms with Gasteiger partial charge in [-0.1, -0.05) is 12.1 Å². The molecule has 0 aliphatic carbocycles. The molecule has 23 heavy (non-hydrogen) atoms. The van der Waals surface area contributed by atoms with Crippen molar-refractivity contribution in [3.63, 3.8) is 0 Å². The Morgan fingerprint density at radius 3 is 2.57 bits per heavy atom. The lowest BCUT2D eigenvalue weighted by Crippen LogP contribution is -2.10. The van der Waals surface area contributed by atoms with Crippen LogP contribution in [0.25, 0.3) is 16.8 Å². The van der Waals surface area contributed by atoms with Gasteiger partial charge in [-0.05, 0) is 29.8 Å². The first-order valence-electron chi connectivity index (χ1n) is 6.73. The van der Waals surface area contributed by atoms with Crippen LogP contribution in [0.2, 0.25) is 0 Å². The lowest BCUT2D eigenvalue weighted by molar-refractivity contribution is 0.466. The van der Waals surface area contributed by atoms with Crippen LogP contribution in [-0.2, 0) is 0 Å². The van der Waals surface area contributed by atoms with Crippen molar-refractivity contribution in [3.8, 4) is 22.6 Å². The summed E-state index contributed by atoms with van der Waals surface area (Å²) in [5.41, 5.74) is 6.48. The van der Waals surface area contributed by atoms with Crippen LogP contribution >= 0.6 is 0 Å². The minimum absolute atomic E-state index is 0.129. The molecule has 2 aromatic carbocycles. The van der Waals surface area contributed by atoms with Gasteiger partial charge in [-0.25, -0.2) is 8.78 Å². The molecule has 116 valence electrons. The van der Waals surface area contributed by atoms with Crippen LogP contribution in [0.1, 0.15) is 0 Å². The molecule has 0 spiro atoms. The van der Waals surface area contributed by atoms with E-state index in [1.54, 1.807) is 24.3 Å². The quantitative estimate of drug-likeness (QED) is 0.764. The number of rotatable bonds is 2. The first kappa shape index (κ1) is 14.8. The lowest BCUT2D eigenvalue weighted by atomic mass is 10.0. The number of nitrogens with zero attached hydrogens (tertiary/aromatic N) is 1. The minimum Gasteiger partial charge on any atom is -0.503 e. The standard InChI is InChI=1S/C17H12F2N2O2/c18-11-4-5-13(14(19)7-11)10-2-1-3-12(6-10)21-9-16(23)15(22)8-17(21)20/h1-9,23H,20H2. The number of pyridine rings is 1. The van der Waals surface area contributed by atoms with Gasteiger partial charge in [0.05, 0.1) is 6.20 Å². The van der Waals surface area contributed by atoms with Gasteiger partial charge in [-0.2, -0.15) is 0 Å². The van der Waals surface area contributed by atoms with Gasteiger partial charge in [-0.15, -0.1) is 0 Å². The van der Waals surface area contributed by atoms with Crippen LogP contribution in [0.4, 0.5) is 14.6 Å². The fourth-order valence-electron chi connectivity index (χ4n) is 2.31. The summed E-state index contributed by atoms with van der Waals surface area (Å²) < 4.78 is 28.3. The van der Waals surface area contributed by atoms with E-state index in [0.717, 1.165) is 12.1 Å². The van der Waals surface area contributed by atoms with Gasteiger partial charge >= 0.3 is 0 Å². The average molecular weight is 314 g/mol. The zero-order valence-corrected chi connectivity index (χ0v) is 11.8. The third kappa shape index (κ3) is 2.78. The first-order valence-corrected chi connectivity index (χ1v) is 6.73. The zero-order valence-electron chi connectivity index (χ0n) is 11.8. The average Bonchev–Trinajstić information content (AvgIpc) is 2.51. The molecule has 1 aromatic heterocycles. The first-order chi connectivity index (χ1) is 11.0. The zero-order chi connectivity index (χ0) is 16.6. The van der Waals surface area contributed by atoms with Crippen LogP contribution in [0.5, 0.6) is 5.75 Å². The number of nitrogen functional groups attached to an aromatic ring is 1. The highest BCUT2D eigenvalue weighted by Gasteiger charge is 2.09. The van der Waals surface area contributed by atoms with E-state index < -0.39 is 22.8 Å². The summed E-state index contributed by atoms with van der Waals surface area (Å²) in [5, 5.41) is 9.56. The van der Waals surface area contributed by atoms with E-state index in [1.807, 2.05) is 0 Å². The van der Waals surface area contributed by atoms with Crippen LogP contribution in [0, 0.1) is 11.6 Å². The molecule has 3 N–H and O–H groups in total. The van der Waals surface area contributed by atoms with Gasteiger partial charge in [0.15, 0.2) is 5.75 Å². The maximum Gasteiger partial charge on any atom is 0.225 e. The van der Waals surface area contributed by atoms with Gasteiger partial charge in [-0.3, -0.25) is 9.36 Å². The Morgan fingerprint density at radius 1 is 1.04 bits per heavy atom. The number of benzene rings is 2. The molecule has 0 unspecified atom stereocenters. The summed E-state index contributed by atoms with van der Waals surface area (Å²) in [7, 11) is 0. The molecule has 0 radical (unpaired) electrons. The smallest absolute Gasteiger partial charge is 0.225 e. The van der Waals surface area contributed by atoms with Gasteiger partial charge in [0.25, 0.3) is 0 Å². The number of aromatic nitrogens is 1. The van der Waals surface area contributed by atoms with Gasteiger partial charge < -0.3 is 10.8 Å². The SMILES string of the molecule is Nc1cc(=O)c(O)cn1-c1cccc(-c2ccc(F)cc2F)c1. The van der Waals surface area contributed by atoms with Crippen molar-refractivity contribution in [2.75, 3.05) is 5.73 Å². The monoisotopic (exact) mass is 314 g/mol. The van der Waals surface area contributed by atoms with Crippen LogP contribution in [-0.4, -0.2) is 9.67 Å². The summed E-state index contributed by atoms with van der Waals surface area (Å²) in [6, 6.07) is 11.1. The number of anilines is 1. The van der Waals surface area contributed by atoms with Crippen molar-refractivity contribution in [2.45, 2.75) is 0 Å². The topological polar surface area (TPSA) is 68.2 Å². The van der Waals surface area contributed by atoms with Crippen molar-refractivity contribution in [2.24, 2.45) is 0 Å². The molecule has 3 rings (SSSR count). The van der Waals surface area contributed by atoms with Crippen molar-refractivity contribution in [1.29, 1.82) is 0 Å². The fraction of sp³-hybridized carbons (Fsp3) is 0. The molecule has 0 fully saturated rings. The van der Waals surface area contributed by atoms with Crippen LogP contribution in [0.3, 0.4) is 0 Å². The van der Waals surface area contributed by atoms with E-state index in [4.69, 9.17) is 5.73 Å². The molecule has 3 aromatic rings. The van der Waals surface area contributed by atoms with Crippen molar-refractivity contribution < 1.29 is 13.9 Å². The van der Waals surface area contributed by atoms with E-state index >= 15 is 0 Å². The summed E-state index contributed by atoms with van der Waals surface area (Å²) in [6.45, 7) is 0. The predicted octanol–water partition coefficient (Wildman–Crippen LogP) is 3.07. The summed E-state index contributed by atoms with van der Waals surface area (Å²) >= 11 is 0. The third-order valence-corrected chi connectivity index (χ3v) is 3.43. The highest BCUT2D eigenvalue weighted by molar-refractivity contribution is 5.67. The number of nitrogens with two attached hydrogens (primary N) is 1. The number of halogens is 2. The minimum atomic E-state index is -0.683. The van der Waals surface area contributed by atoms with E-state index in [9.17, 15) is 18.7 Å². The molecule has 0 atom stereocenters. The Labute approximate surface area is 130 Å². The second-order valence-corrected chi connectivity index (χ2v) is 4.99. The molecule has 0 aliphatic rings. The van der Waals surface area contributed by atoms with Crippen molar-refractivity contribution >= 4 is 5.82 Å². The fourth-order valence-corrected chi connectivity index (χ4v) is 2.31. The molecule has 0 amide bonds. The maximum atomic E-state index is 13.9. The number of hydrogen-bond acceptors (Lipinski definition) is 3. The lowest BCUT2D eigenvalue weighted by Gasteiger charge is -2.12. The molecule has 0 bridgehead atoms. The number of hydrogen-bond donors (Lipinski definition) is 2. The molecule has 0 saturated carbocycles. The van der Waals surface area contributed by atoms with Crippen molar-refractivity contribution in [3.05, 3.63) is 76.6 Å². The van der Waals surface area contributed by atoms with Gasteiger partial charge in [0, 0.05) is 23.4 Å². The largest absolute Gasteiger partial charge is 0.503 e. The normalized spacial score (nSPS) is 10.7. The molecule has 6 heteroatoms. The second-order valence-electron chi connectivity index (χ2n) is 4.99. The van der Waals surface area contributed by atoms with E-state index in [0.29, 0.717) is 11.3 Å². The predicted molar refractivity (Wildman–Crippen MR) is 83.5 cm³/mol. The Kier molecular flexibility index (Phi) is 3.57. The van der Waals surface area contributed by atoms with Crippen molar-refractivity contribution in [1.82, 2.24) is 4.57 Å². The Bertz CT molecular complexity index is 952. The second kappa shape index (κ2) is 5.57. The van der Waals surface area contributed by atoms with E-state index in [2.05, 4.69) is 0 Å². The molecule has 0 aliphatic heterocycles. The summed E-state index contributed by atoms with van der Waals surface area (Å²) in [5.74, 6) is -1.66.